The third-order valence-corrected chi connectivity index (χ3v) is 5.82. The zero-order valence-corrected chi connectivity index (χ0v) is 16.0. The molecule has 0 radical (unpaired) electrons. The van der Waals surface area contributed by atoms with E-state index in [-0.39, 0.29) is 5.91 Å². The van der Waals surface area contributed by atoms with Gasteiger partial charge in [-0.3, -0.25) is 9.79 Å². The fraction of sp³-hybridized carbons (Fsp3) is 0.600. The van der Waals surface area contributed by atoms with Crippen LogP contribution in [0.15, 0.2) is 29.3 Å². The maximum Gasteiger partial charge on any atom is 0.239 e. The van der Waals surface area contributed by atoms with Crippen LogP contribution in [0, 0.1) is 5.41 Å². The maximum absolute atomic E-state index is 11.5. The number of piperazine rings is 1. The molecule has 3 rings (SSSR count). The van der Waals surface area contributed by atoms with Crippen LogP contribution in [0.4, 0.5) is 5.69 Å². The molecular weight excluding hydrogens is 326 g/mol. The van der Waals surface area contributed by atoms with Gasteiger partial charge in [0.05, 0.1) is 6.54 Å². The fourth-order valence-corrected chi connectivity index (χ4v) is 3.69. The Morgan fingerprint density at radius 2 is 2.04 bits per heavy atom. The summed E-state index contributed by atoms with van der Waals surface area (Å²) in [6, 6.07) is 8.40. The Hall–Kier alpha value is -2.24. The Labute approximate surface area is 156 Å². The van der Waals surface area contributed by atoms with Crippen LogP contribution in [0.25, 0.3) is 0 Å². The average Bonchev–Trinajstić information content (AvgIpc) is 2.64. The molecule has 2 aliphatic rings. The first kappa shape index (κ1) is 18.5. The number of anilines is 1. The second-order valence-corrected chi connectivity index (χ2v) is 7.42. The molecular formula is C20H31N5O. The van der Waals surface area contributed by atoms with Gasteiger partial charge in [-0.2, -0.15) is 0 Å². The number of hydrogen-bond acceptors (Lipinski definition) is 3. The van der Waals surface area contributed by atoms with Crippen molar-refractivity contribution in [1.82, 2.24) is 16.0 Å². The van der Waals surface area contributed by atoms with Crippen molar-refractivity contribution in [3.8, 4) is 0 Å². The van der Waals surface area contributed by atoms with E-state index in [4.69, 9.17) is 0 Å². The lowest BCUT2D eigenvalue weighted by molar-refractivity contribution is -0.120. The summed E-state index contributed by atoms with van der Waals surface area (Å²) in [4.78, 5) is 18.0. The van der Waals surface area contributed by atoms with E-state index < -0.39 is 0 Å². The Bertz CT molecular complexity index is 631. The molecule has 1 saturated heterocycles. The minimum absolute atomic E-state index is 0.0909. The highest BCUT2D eigenvalue weighted by Crippen LogP contribution is 2.42. The first-order valence-corrected chi connectivity index (χ1v) is 9.69. The number of hydrogen-bond donors (Lipinski definition) is 3. The van der Waals surface area contributed by atoms with Crippen LogP contribution in [-0.2, 0) is 11.3 Å². The second kappa shape index (κ2) is 8.43. The summed E-state index contributed by atoms with van der Waals surface area (Å²) in [5.41, 5.74) is 2.77. The molecule has 0 unspecified atom stereocenters. The van der Waals surface area contributed by atoms with Gasteiger partial charge in [-0.15, -0.1) is 0 Å². The minimum atomic E-state index is 0.0909. The van der Waals surface area contributed by atoms with Crippen LogP contribution in [0.3, 0.4) is 0 Å². The highest BCUT2D eigenvalue weighted by atomic mass is 16.2. The van der Waals surface area contributed by atoms with Crippen molar-refractivity contribution in [2.45, 2.75) is 39.2 Å². The molecule has 1 aromatic carbocycles. The number of nitrogens with one attached hydrogen (secondary N) is 3. The van der Waals surface area contributed by atoms with Gasteiger partial charge in [0.2, 0.25) is 5.91 Å². The first-order valence-electron chi connectivity index (χ1n) is 9.69. The van der Waals surface area contributed by atoms with Crippen LogP contribution >= 0.6 is 0 Å². The van der Waals surface area contributed by atoms with E-state index in [2.05, 4.69) is 57.0 Å². The van der Waals surface area contributed by atoms with Crippen LogP contribution < -0.4 is 20.9 Å². The number of amides is 1. The third kappa shape index (κ3) is 4.48. The summed E-state index contributed by atoms with van der Waals surface area (Å²) in [6.07, 6.45) is 5.23. The molecule has 0 spiro atoms. The van der Waals surface area contributed by atoms with Gasteiger partial charge >= 0.3 is 0 Å². The van der Waals surface area contributed by atoms with Crippen molar-refractivity contribution in [3.63, 3.8) is 0 Å². The fourth-order valence-electron chi connectivity index (χ4n) is 3.69. The Balaban J connectivity index is 1.48. The standard InChI is InChI=1S/C20H31N5O/c1-3-20(9-4-10-20)15-24-19(21-2)23-13-16-5-7-17(8-6-16)25-12-11-22-18(26)14-25/h5-8H,3-4,9-15H2,1-2H3,(H,22,26)(H2,21,23,24). The zero-order valence-electron chi connectivity index (χ0n) is 16.0. The number of benzene rings is 1. The highest BCUT2D eigenvalue weighted by Gasteiger charge is 2.34. The molecule has 1 heterocycles. The summed E-state index contributed by atoms with van der Waals surface area (Å²) >= 11 is 0. The lowest BCUT2D eigenvalue weighted by Gasteiger charge is -2.41. The number of aliphatic imine (C=N–C) groups is 1. The highest BCUT2D eigenvalue weighted by molar-refractivity contribution is 5.82. The SMILES string of the molecule is CCC1(CNC(=NC)NCc2ccc(N3CCNC(=O)C3)cc2)CCC1. The van der Waals surface area contributed by atoms with Crippen LogP contribution in [0.1, 0.15) is 38.2 Å². The molecule has 0 atom stereocenters. The normalized spacial score (nSPS) is 19.5. The number of rotatable bonds is 6. The van der Waals surface area contributed by atoms with E-state index >= 15 is 0 Å². The molecule has 6 heteroatoms. The minimum Gasteiger partial charge on any atom is -0.360 e. The van der Waals surface area contributed by atoms with Gasteiger partial charge in [-0.05, 0) is 42.4 Å². The molecule has 1 aliphatic heterocycles. The van der Waals surface area contributed by atoms with E-state index in [9.17, 15) is 4.79 Å². The molecule has 6 nitrogen and oxygen atoms in total. The van der Waals surface area contributed by atoms with Gasteiger partial charge in [0.25, 0.3) is 0 Å². The van der Waals surface area contributed by atoms with Crippen molar-refractivity contribution in [1.29, 1.82) is 0 Å². The van der Waals surface area contributed by atoms with Gasteiger partial charge in [0, 0.05) is 38.9 Å². The zero-order chi connectivity index (χ0) is 18.4. The largest absolute Gasteiger partial charge is 0.360 e. The molecule has 142 valence electrons. The quantitative estimate of drug-likeness (QED) is 0.537. The van der Waals surface area contributed by atoms with Gasteiger partial charge in [0.15, 0.2) is 5.96 Å². The molecule has 26 heavy (non-hydrogen) atoms. The molecule has 0 bridgehead atoms. The monoisotopic (exact) mass is 357 g/mol. The van der Waals surface area contributed by atoms with E-state index in [1.807, 2.05) is 7.05 Å². The molecule has 0 aromatic heterocycles. The third-order valence-electron chi connectivity index (χ3n) is 5.82. The van der Waals surface area contributed by atoms with Crippen molar-refractivity contribution >= 4 is 17.6 Å². The predicted molar refractivity (Wildman–Crippen MR) is 106 cm³/mol. The summed E-state index contributed by atoms with van der Waals surface area (Å²) in [5, 5.41) is 9.74. The Morgan fingerprint density at radius 3 is 2.62 bits per heavy atom. The number of carbonyl (C=O) groups excluding carboxylic acids is 1. The summed E-state index contributed by atoms with van der Waals surface area (Å²) in [6.45, 7) is 6.03. The lowest BCUT2D eigenvalue weighted by Crippen LogP contribution is -2.47. The van der Waals surface area contributed by atoms with Crippen molar-refractivity contribution in [2.24, 2.45) is 10.4 Å². The van der Waals surface area contributed by atoms with Crippen molar-refractivity contribution in [2.75, 3.05) is 38.1 Å². The van der Waals surface area contributed by atoms with Crippen LogP contribution in [-0.4, -0.2) is 45.1 Å². The van der Waals surface area contributed by atoms with Gasteiger partial charge < -0.3 is 20.9 Å². The number of nitrogens with zero attached hydrogens (tertiary/aromatic N) is 2. The van der Waals surface area contributed by atoms with Crippen molar-refractivity contribution in [3.05, 3.63) is 29.8 Å². The molecule has 1 amide bonds. The van der Waals surface area contributed by atoms with Gasteiger partial charge in [-0.25, -0.2) is 0 Å². The van der Waals surface area contributed by atoms with Crippen LogP contribution in [0.5, 0.6) is 0 Å². The predicted octanol–water partition coefficient (Wildman–Crippen LogP) is 1.87. The second-order valence-electron chi connectivity index (χ2n) is 7.42. The Kier molecular flexibility index (Phi) is 6.01. The molecule has 3 N–H and O–H groups in total. The lowest BCUT2D eigenvalue weighted by atomic mass is 9.67. The summed E-state index contributed by atoms with van der Waals surface area (Å²) in [5.74, 6) is 0.953. The number of carbonyl (C=O) groups is 1. The molecule has 1 aliphatic carbocycles. The van der Waals surface area contributed by atoms with Crippen molar-refractivity contribution < 1.29 is 4.79 Å². The van der Waals surface area contributed by atoms with E-state index in [1.165, 1.54) is 31.2 Å². The molecule has 1 saturated carbocycles. The molecule has 1 aromatic rings. The summed E-state index contributed by atoms with van der Waals surface area (Å²) < 4.78 is 0. The summed E-state index contributed by atoms with van der Waals surface area (Å²) in [7, 11) is 1.82. The topological polar surface area (TPSA) is 68.8 Å². The Morgan fingerprint density at radius 1 is 1.27 bits per heavy atom. The van der Waals surface area contributed by atoms with Crippen LogP contribution in [0.2, 0.25) is 0 Å². The van der Waals surface area contributed by atoms with E-state index in [1.54, 1.807) is 0 Å². The maximum atomic E-state index is 11.5. The number of guanidine groups is 1. The van der Waals surface area contributed by atoms with Gasteiger partial charge in [-0.1, -0.05) is 25.5 Å². The first-order chi connectivity index (χ1) is 12.6. The smallest absolute Gasteiger partial charge is 0.239 e. The van der Waals surface area contributed by atoms with Gasteiger partial charge in [0.1, 0.15) is 0 Å². The average molecular weight is 358 g/mol. The van der Waals surface area contributed by atoms with E-state index in [0.29, 0.717) is 18.5 Å². The molecule has 2 fully saturated rings. The van der Waals surface area contributed by atoms with E-state index in [0.717, 1.165) is 31.3 Å².